The van der Waals surface area contributed by atoms with Gasteiger partial charge >= 0.3 is 0 Å². The Hall–Kier alpha value is -1.29. The standard InChI is InChI=1S/C16H24N2O2/c1-3-12-8-9-15(20-12)16(19)18-11-5-7-14(18)13-6-4-10-17(13)2/h8-9,13-14H,3-7,10-11H2,1-2H3/t13-,14-/m0/s1. The quantitative estimate of drug-likeness (QED) is 0.851. The van der Waals surface area contributed by atoms with E-state index in [9.17, 15) is 4.79 Å². The SMILES string of the molecule is CCc1ccc(C(=O)N2CCC[C@H]2[C@@H]2CCCN2C)o1. The molecule has 2 aliphatic rings. The second kappa shape index (κ2) is 5.60. The van der Waals surface area contributed by atoms with Gasteiger partial charge in [0.2, 0.25) is 0 Å². The number of nitrogens with zero attached hydrogens (tertiary/aromatic N) is 2. The van der Waals surface area contributed by atoms with Crippen LogP contribution in [0.1, 0.15) is 48.9 Å². The summed E-state index contributed by atoms with van der Waals surface area (Å²) in [6.45, 7) is 4.07. The zero-order valence-electron chi connectivity index (χ0n) is 12.5. The van der Waals surface area contributed by atoms with Crippen LogP contribution in [0.2, 0.25) is 0 Å². The Bertz CT molecular complexity index is 483. The minimum absolute atomic E-state index is 0.0764. The molecule has 0 aromatic carbocycles. The molecule has 1 amide bonds. The molecule has 2 saturated heterocycles. The van der Waals surface area contributed by atoms with Crippen LogP contribution in [0.25, 0.3) is 0 Å². The smallest absolute Gasteiger partial charge is 0.289 e. The molecule has 1 aromatic heterocycles. The lowest BCUT2D eigenvalue weighted by atomic mass is 10.0. The van der Waals surface area contributed by atoms with E-state index in [0.717, 1.165) is 38.1 Å². The second-order valence-corrected chi connectivity index (χ2v) is 6.02. The molecule has 110 valence electrons. The van der Waals surface area contributed by atoms with Crippen LogP contribution >= 0.6 is 0 Å². The van der Waals surface area contributed by atoms with Crippen LogP contribution in [-0.4, -0.2) is 47.9 Å². The van der Waals surface area contributed by atoms with Gasteiger partial charge in [0.05, 0.1) is 0 Å². The Balaban J connectivity index is 1.76. The maximum atomic E-state index is 12.7. The summed E-state index contributed by atoms with van der Waals surface area (Å²) >= 11 is 0. The van der Waals surface area contributed by atoms with Gasteiger partial charge in [-0.1, -0.05) is 6.92 Å². The third kappa shape index (κ3) is 2.37. The van der Waals surface area contributed by atoms with Crippen LogP contribution in [-0.2, 0) is 6.42 Å². The number of furan rings is 1. The highest BCUT2D eigenvalue weighted by Crippen LogP contribution is 2.30. The first-order chi connectivity index (χ1) is 9.70. The van der Waals surface area contributed by atoms with Crippen molar-refractivity contribution in [1.29, 1.82) is 0 Å². The van der Waals surface area contributed by atoms with Crippen LogP contribution in [0.5, 0.6) is 0 Å². The molecule has 4 heteroatoms. The van der Waals surface area contributed by atoms with Gasteiger partial charge in [-0.25, -0.2) is 0 Å². The number of carbonyl (C=O) groups excluding carboxylic acids is 1. The maximum absolute atomic E-state index is 12.7. The molecule has 0 radical (unpaired) electrons. The number of hydrogen-bond acceptors (Lipinski definition) is 3. The fourth-order valence-corrected chi connectivity index (χ4v) is 3.69. The number of aryl methyl sites for hydroxylation is 1. The van der Waals surface area contributed by atoms with Crippen molar-refractivity contribution >= 4 is 5.91 Å². The summed E-state index contributed by atoms with van der Waals surface area (Å²) in [5.41, 5.74) is 0. The van der Waals surface area contributed by atoms with E-state index in [4.69, 9.17) is 4.42 Å². The molecular weight excluding hydrogens is 252 g/mol. The summed E-state index contributed by atoms with van der Waals surface area (Å²) in [7, 11) is 2.18. The fourth-order valence-electron chi connectivity index (χ4n) is 3.69. The third-order valence-corrected chi connectivity index (χ3v) is 4.80. The highest BCUT2D eigenvalue weighted by atomic mass is 16.4. The lowest BCUT2D eigenvalue weighted by Gasteiger charge is -2.32. The fraction of sp³-hybridized carbons (Fsp3) is 0.688. The van der Waals surface area contributed by atoms with Crippen molar-refractivity contribution in [2.45, 2.75) is 51.1 Å². The van der Waals surface area contributed by atoms with Gasteiger partial charge in [-0.05, 0) is 51.4 Å². The number of rotatable bonds is 3. The number of carbonyl (C=O) groups is 1. The van der Waals surface area contributed by atoms with Crippen LogP contribution in [0.15, 0.2) is 16.5 Å². The van der Waals surface area contributed by atoms with E-state index in [1.807, 2.05) is 24.0 Å². The van der Waals surface area contributed by atoms with E-state index >= 15 is 0 Å². The molecule has 0 N–H and O–H groups in total. The van der Waals surface area contributed by atoms with Crippen molar-refractivity contribution in [2.75, 3.05) is 20.1 Å². The highest BCUT2D eigenvalue weighted by Gasteiger charge is 2.39. The molecule has 0 aliphatic carbocycles. The summed E-state index contributed by atoms with van der Waals surface area (Å²) in [5.74, 6) is 1.48. The van der Waals surface area contributed by atoms with E-state index in [-0.39, 0.29) is 5.91 Å². The molecule has 0 spiro atoms. The Labute approximate surface area is 120 Å². The maximum Gasteiger partial charge on any atom is 0.289 e. The van der Waals surface area contributed by atoms with Gasteiger partial charge in [-0.2, -0.15) is 0 Å². The molecular formula is C16H24N2O2. The van der Waals surface area contributed by atoms with Crippen molar-refractivity contribution < 1.29 is 9.21 Å². The molecule has 20 heavy (non-hydrogen) atoms. The van der Waals surface area contributed by atoms with Crippen molar-refractivity contribution in [3.05, 3.63) is 23.7 Å². The minimum atomic E-state index is 0.0764. The first-order valence-electron chi connectivity index (χ1n) is 7.80. The lowest BCUT2D eigenvalue weighted by molar-refractivity contribution is 0.0631. The average molecular weight is 276 g/mol. The van der Waals surface area contributed by atoms with Crippen LogP contribution in [0.3, 0.4) is 0 Å². The molecule has 0 unspecified atom stereocenters. The topological polar surface area (TPSA) is 36.7 Å². The number of amides is 1. The van der Waals surface area contributed by atoms with Crippen LogP contribution < -0.4 is 0 Å². The highest BCUT2D eigenvalue weighted by molar-refractivity contribution is 5.92. The Morgan fingerprint density at radius 2 is 2.00 bits per heavy atom. The molecule has 0 bridgehead atoms. The van der Waals surface area contributed by atoms with Gasteiger partial charge in [-0.15, -0.1) is 0 Å². The van der Waals surface area contributed by atoms with Crippen molar-refractivity contribution in [3.63, 3.8) is 0 Å². The molecule has 2 fully saturated rings. The predicted octanol–water partition coefficient (Wildman–Crippen LogP) is 2.54. The van der Waals surface area contributed by atoms with E-state index in [2.05, 4.69) is 11.9 Å². The number of hydrogen-bond donors (Lipinski definition) is 0. The second-order valence-electron chi connectivity index (χ2n) is 6.02. The predicted molar refractivity (Wildman–Crippen MR) is 77.8 cm³/mol. The summed E-state index contributed by atoms with van der Waals surface area (Å²) in [6.07, 6.45) is 5.54. The summed E-state index contributed by atoms with van der Waals surface area (Å²) < 4.78 is 5.64. The Morgan fingerprint density at radius 1 is 1.25 bits per heavy atom. The Kier molecular flexibility index (Phi) is 3.83. The largest absolute Gasteiger partial charge is 0.456 e. The number of likely N-dealkylation sites (tertiary alicyclic amines) is 2. The van der Waals surface area contributed by atoms with Gasteiger partial charge in [0.25, 0.3) is 5.91 Å². The summed E-state index contributed by atoms with van der Waals surface area (Å²) in [6, 6.07) is 4.64. The van der Waals surface area contributed by atoms with Gasteiger partial charge in [0, 0.05) is 25.0 Å². The lowest BCUT2D eigenvalue weighted by Crippen LogP contribution is -2.47. The molecule has 2 aliphatic heterocycles. The van der Waals surface area contributed by atoms with E-state index in [1.165, 1.54) is 12.8 Å². The Morgan fingerprint density at radius 3 is 2.65 bits per heavy atom. The zero-order chi connectivity index (χ0) is 14.1. The van der Waals surface area contributed by atoms with Crippen molar-refractivity contribution in [2.24, 2.45) is 0 Å². The third-order valence-electron chi connectivity index (χ3n) is 4.80. The number of likely N-dealkylation sites (N-methyl/N-ethyl adjacent to an activating group) is 1. The van der Waals surface area contributed by atoms with E-state index < -0.39 is 0 Å². The first-order valence-corrected chi connectivity index (χ1v) is 7.80. The molecule has 3 rings (SSSR count). The van der Waals surface area contributed by atoms with E-state index in [1.54, 1.807) is 0 Å². The van der Waals surface area contributed by atoms with E-state index in [0.29, 0.717) is 17.8 Å². The van der Waals surface area contributed by atoms with Crippen LogP contribution in [0.4, 0.5) is 0 Å². The van der Waals surface area contributed by atoms with Crippen LogP contribution in [0, 0.1) is 0 Å². The van der Waals surface area contributed by atoms with Gasteiger partial charge < -0.3 is 14.2 Å². The molecule has 0 saturated carbocycles. The average Bonchev–Trinajstić information content (AvgIpc) is 3.17. The first kappa shape index (κ1) is 13.7. The molecule has 4 nitrogen and oxygen atoms in total. The molecule has 2 atom stereocenters. The van der Waals surface area contributed by atoms with Gasteiger partial charge in [-0.3, -0.25) is 4.79 Å². The summed E-state index contributed by atoms with van der Waals surface area (Å²) in [5, 5.41) is 0. The normalized spacial score (nSPS) is 27.4. The van der Waals surface area contributed by atoms with Crippen molar-refractivity contribution in [1.82, 2.24) is 9.80 Å². The zero-order valence-corrected chi connectivity index (χ0v) is 12.5. The summed E-state index contributed by atoms with van der Waals surface area (Å²) in [4.78, 5) is 17.1. The van der Waals surface area contributed by atoms with Gasteiger partial charge in [0.15, 0.2) is 5.76 Å². The monoisotopic (exact) mass is 276 g/mol. The molecule has 1 aromatic rings. The van der Waals surface area contributed by atoms with Crippen molar-refractivity contribution in [3.8, 4) is 0 Å². The minimum Gasteiger partial charge on any atom is -0.456 e. The molecule has 3 heterocycles. The van der Waals surface area contributed by atoms with Gasteiger partial charge in [0.1, 0.15) is 5.76 Å².